The van der Waals surface area contributed by atoms with E-state index in [0.717, 1.165) is 5.75 Å². The molecule has 0 radical (unpaired) electrons. The smallest absolute Gasteiger partial charge is 0.145 e. The number of unbranched alkanes of at least 4 members (excludes halogenated alkanes) is 7. The van der Waals surface area contributed by atoms with E-state index in [0.29, 0.717) is 0 Å². The van der Waals surface area contributed by atoms with Crippen molar-refractivity contribution >= 4 is 34.9 Å². The molecule has 1 atom stereocenters. The van der Waals surface area contributed by atoms with Gasteiger partial charge in [0.2, 0.25) is 0 Å². The first kappa shape index (κ1) is 21.5. The van der Waals surface area contributed by atoms with Gasteiger partial charge >= 0.3 is 0 Å². The van der Waals surface area contributed by atoms with Gasteiger partial charge in [0, 0.05) is 9.77 Å². The molecule has 0 aliphatic heterocycles. The number of thioether (sulfide) groups is 2. The lowest BCUT2D eigenvalue weighted by Gasteiger charge is -2.26. The molecule has 2 aromatic rings. The monoisotopic (exact) mass is 402 g/mol. The zero-order valence-electron chi connectivity index (χ0n) is 15.8. The largest absolute Gasteiger partial charge is 0.160 e. The summed E-state index contributed by atoms with van der Waals surface area (Å²) in [6.07, 6.45) is 16.9. The zero-order chi connectivity index (χ0) is 18.5. The zero-order valence-corrected chi connectivity index (χ0v) is 18.2. The number of benzene rings is 1. The Labute approximate surface area is 172 Å². The molecule has 0 nitrogen and oxygen atoms in total. The Morgan fingerprint density at radius 3 is 2.23 bits per heavy atom. The van der Waals surface area contributed by atoms with Gasteiger partial charge in [-0.15, -0.1) is 29.5 Å². The minimum Gasteiger partial charge on any atom is -0.145 e. The van der Waals surface area contributed by atoms with Crippen LogP contribution in [0.1, 0.15) is 63.2 Å². The highest BCUT2D eigenvalue weighted by molar-refractivity contribution is 8.18. The molecule has 1 unspecified atom stereocenters. The molecule has 26 heavy (non-hydrogen) atoms. The lowest BCUT2D eigenvalue weighted by molar-refractivity contribution is 0.586. The molecular weight excluding hydrogens is 372 g/mol. The average Bonchev–Trinajstić information content (AvgIpc) is 3.22. The van der Waals surface area contributed by atoms with Crippen LogP contribution in [-0.2, 0) is 4.08 Å². The Hall–Kier alpha value is -0.820. The van der Waals surface area contributed by atoms with Crippen LogP contribution >= 0.6 is 34.9 Å². The summed E-state index contributed by atoms with van der Waals surface area (Å²) in [6.45, 7) is 2.27. The summed E-state index contributed by atoms with van der Waals surface area (Å²) in [5.41, 5.74) is 0. The molecule has 0 aliphatic carbocycles. The maximum atomic E-state index is 6.07. The summed E-state index contributed by atoms with van der Waals surface area (Å²) in [6, 6.07) is 14.8. The highest BCUT2D eigenvalue weighted by atomic mass is 32.2. The molecule has 3 heteroatoms. The molecule has 0 saturated heterocycles. The van der Waals surface area contributed by atoms with E-state index in [9.17, 15) is 0 Å². The van der Waals surface area contributed by atoms with E-state index in [4.69, 9.17) is 6.42 Å². The predicted molar refractivity (Wildman–Crippen MR) is 122 cm³/mol. The van der Waals surface area contributed by atoms with E-state index in [1.165, 1.54) is 61.1 Å². The minimum absolute atomic E-state index is 0.309. The van der Waals surface area contributed by atoms with E-state index in [1.54, 1.807) is 11.3 Å². The average molecular weight is 403 g/mol. The van der Waals surface area contributed by atoms with Crippen LogP contribution in [-0.4, -0.2) is 5.75 Å². The summed E-state index contributed by atoms with van der Waals surface area (Å²) in [5.74, 6) is 4.25. The van der Waals surface area contributed by atoms with Crippen molar-refractivity contribution in [2.24, 2.45) is 0 Å². The van der Waals surface area contributed by atoms with E-state index in [1.807, 2.05) is 23.5 Å². The number of rotatable bonds is 13. The number of hydrogen-bond acceptors (Lipinski definition) is 3. The third-order valence-electron chi connectivity index (χ3n) is 4.34. The van der Waals surface area contributed by atoms with Crippen LogP contribution < -0.4 is 0 Å². The van der Waals surface area contributed by atoms with Gasteiger partial charge in [-0.2, -0.15) is 0 Å². The Morgan fingerprint density at radius 1 is 0.923 bits per heavy atom. The van der Waals surface area contributed by atoms with Crippen LogP contribution in [0.3, 0.4) is 0 Å². The highest BCUT2D eigenvalue weighted by Gasteiger charge is 2.33. The number of terminal acetylenes is 1. The van der Waals surface area contributed by atoms with Gasteiger partial charge in [0.25, 0.3) is 0 Å². The third kappa shape index (κ3) is 7.06. The van der Waals surface area contributed by atoms with Crippen LogP contribution in [0.5, 0.6) is 0 Å². The molecule has 1 heterocycles. The second kappa shape index (κ2) is 12.5. The van der Waals surface area contributed by atoms with Gasteiger partial charge in [-0.1, -0.05) is 93.8 Å². The minimum atomic E-state index is -0.309. The maximum Gasteiger partial charge on any atom is 0.160 e. The van der Waals surface area contributed by atoms with Crippen LogP contribution in [0.15, 0.2) is 52.7 Å². The molecule has 140 valence electrons. The Morgan fingerprint density at radius 2 is 1.62 bits per heavy atom. The summed E-state index contributed by atoms with van der Waals surface area (Å²) < 4.78 is -0.309. The van der Waals surface area contributed by atoms with Crippen molar-refractivity contribution in [2.75, 3.05) is 5.75 Å². The quantitative estimate of drug-likeness (QED) is 0.143. The summed E-state index contributed by atoms with van der Waals surface area (Å²) >= 11 is 5.51. The first-order chi connectivity index (χ1) is 12.8. The van der Waals surface area contributed by atoms with E-state index in [-0.39, 0.29) is 4.08 Å². The van der Waals surface area contributed by atoms with E-state index < -0.39 is 0 Å². The lowest BCUT2D eigenvalue weighted by Crippen LogP contribution is -2.14. The predicted octanol–water partition coefficient (Wildman–Crippen LogP) is 8.20. The van der Waals surface area contributed by atoms with Crippen molar-refractivity contribution in [1.29, 1.82) is 0 Å². The fraction of sp³-hybridized carbons (Fsp3) is 0.478. The second-order valence-corrected chi connectivity index (χ2v) is 10.3. The van der Waals surface area contributed by atoms with Crippen LogP contribution in [0.4, 0.5) is 0 Å². The van der Waals surface area contributed by atoms with Crippen molar-refractivity contribution in [2.45, 2.75) is 67.3 Å². The first-order valence-corrected chi connectivity index (χ1v) is 12.4. The molecule has 0 bridgehead atoms. The second-order valence-electron chi connectivity index (χ2n) is 6.48. The summed E-state index contributed by atoms with van der Waals surface area (Å²) in [5, 5.41) is 2.13. The fourth-order valence-corrected chi connectivity index (χ4v) is 6.69. The Kier molecular flexibility index (Phi) is 10.4. The Bertz CT molecular complexity index is 627. The summed E-state index contributed by atoms with van der Waals surface area (Å²) in [4.78, 5) is 2.51. The number of hydrogen-bond donors (Lipinski definition) is 0. The molecule has 0 amide bonds. The van der Waals surface area contributed by atoms with Gasteiger partial charge in [-0.05, 0) is 35.8 Å². The lowest BCUT2D eigenvalue weighted by atomic mass is 10.1. The SMILES string of the molecule is C#CC(SCCCCCCCCCC)(Sc1ccccc1)c1cccs1. The van der Waals surface area contributed by atoms with E-state index >= 15 is 0 Å². The van der Waals surface area contributed by atoms with Gasteiger partial charge in [0.15, 0.2) is 4.08 Å². The third-order valence-corrected chi connectivity index (χ3v) is 8.57. The van der Waals surface area contributed by atoms with Gasteiger partial charge in [0.05, 0.1) is 0 Å². The highest BCUT2D eigenvalue weighted by Crippen LogP contribution is 2.51. The molecule has 0 saturated carbocycles. The van der Waals surface area contributed by atoms with Gasteiger partial charge in [-0.25, -0.2) is 0 Å². The molecule has 1 aromatic heterocycles. The van der Waals surface area contributed by atoms with Gasteiger partial charge < -0.3 is 0 Å². The maximum absolute atomic E-state index is 6.07. The van der Waals surface area contributed by atoms with Crippen LogP contribution in [0.2, 0.25) is 0 Å². The summed E-state index contributed by atoms with van der Waals surface area (Å²) in [7, 11) is 0. The fourth-order valence-electron chi connectivity index (χ4n) is 2.87. The van der Waals surface area contributed by atoms with Gasteiger partial charge in [0.1, 0.15) is 0 Å². The van der Waals surface area contributed by atoms with Crippen molar-refractivity contribution in [3.05, 3.63) is 52.7 Å². The molecule has 0 fully saturated rings. The standard InChI is InChI=1S/C23H30S3/c1-3-5-6-7-8-9-10-14-20-25-23(4-2,22-18-15-19-24-22)26-21-16-12-11-13-17-21/h2,11-13,15-19H,3,5-10,14,20H2,1H3. The molecular formula is C23H30S3. The van der Waals surface area contributed by atoms with E-state index in [2.05, 4.69) is 60.7 Å². The first-order valence-electron chi connectivity index (χ1n) is 9.70. The van der Waals surface area contributed by atoms with Crippen molar-refractivity contribution in [1.82, 2.24) is 0 Å². The molecule has 1 aromatic carbocycles. The van der Waals surface area contributed by atoms with Crippen LogP contribution in [0, 0.1) is 12.3 Å². The van der Waals surface area contributed by atoms with Gasteiger partial charge in [-0.3, -0.25) is 0 Å². The Balaban J connectivity index is 1.85. The molecule has 0 spiro atoms. The molecule has 0 N–H and O–H groups in total. The van der Waals surface area contributed by atoms with Crippen molar-refractivity contribution in [3.8, 4) is 12.3 Å². The topological polar surface area (TPSA) is 0 Å². The van der Waals surface area contributed by atoms with Crippen molar-refractivity contribution < 1.29 is 0 Å². The number of thiophene rings is 1. The molecule has 2 rings (SSSR count). The normalized spacial score (nSPS) is 13.2. The van der Waals surface area contributed by atoms with Crippen LogP contribution in [0.25, 0.3) is 0 Å². The molecule has 0 aliphatic rings. The van der Waals surface area contributed by atoms with Crippen molar-refractivity contribution in [3.63, 3.8) is 0 Å².